The molecule has 21 heavy (non-hydrogen) atoms. The van der Waals surface area contributed by atoms with Crippen molar-refractivity contribution in [2.45, 2.75) is 32.9 Å². The molecule has 4 nitrogen and oxygen atoms in total. The second kappa shape index (κ2) is 5.58. The predicted octanol–water partition coefficient (Wildman–Crippen LogP) is 3.27. The summed E-state index contributed by atoms with van der Waals surface area (Å²) >= 11 is 1.68. The van der Waals surface area contributed by atoms with Crippen LogP contribution in [0.15, 0.2) is 24.3 Å². The second-order valence-corrected chi connectivity index (χ2v) is 6.67. The number of hydrogen-bond acceptors (Lipinski definition) is 4. The van der Waals surface area contributed by atoms with Crippen LogP contribution in [0.2, 0.25) is 0 Å². The van der Waals surface area contributed by atoms with Crippen molar-refractivity contribution in [3.63, 3.8) is 0 Å². The quantitative estimate of drug-likeness (QED) is 0.945. The van der Waals surface area contributed by atoms with Gasteiger partial charge in [0.05, 0.1) is 11.3 Å². The van der Waals surface area contributed by atoms with E-state index in [2.05, 4.69) is 18.7 Å². The first kappa shape index (κ1) is 14.2. The van der Waals surface area contributed by atoms with Crippen molar-refractivity contribution in [1.82, 2.24) is 9.88 Å². The van der Waals surface area contributed by atoms with Crippen molar-refractivity contribution in [3.05, 3.63) is 40.4 Å². The van der Waals surface area contributed by atoms with Crippen LogP contribution < -0.4 is 0 Å². The van der Waals surface area contributed by atoms with Crippen molar-refractivity contribution < 1.29 is 9.90 Å². The molecule has 2 aromatic rings. The summed E-state index contributed by atoms with van der Waals surface area (Å²) in [6, 6.07) is 7.56. The van der Waals surface area contributed by atoms with Crippen LogP contribution in [-0.4, -0.2) is 33.5 Å². The third-order valence-corrected chi connectivity index (χ3v) is 4.98. The fourth-order valence-corrected chi connectivity index (χ4v) is 3.69. The van der Waals surface area contributed by atoms with E-state index in [1.807, 2.05) is 6.07 Å². The average Bonchev–Trinajstić information content (AvgIpc) is 2.90. The van der Waals surface area contributed by atoms with Gasteiger partial charge in [0.1, 0.15) is 5.01 Å². The van der Waals surface area contributed by atoms with Gasteiger partial charge in [0.15, 0.2) is 0 Å². The van der Waals surface area contributed by atoms with Gasteiger partial charge in [-0.3, -0.25) is 4.90 Å². The number of carboxylic acids is 1. The lowest BCUT2D eigenvalue weighted by Crippen LogP contribution is -2.35. The Labute approximate surface area is 128 Å². The highest BCUT2D eigenvalue weighted by molar-refractivity contribution is 7.15. The first-order valence-corrected chi connectivity index (χ1v) is 7.92. The highest BCUT2D eigenvalue weighted by Gasteiger charge is 2.22. The SMILES string of the molecule is CC(C)N1CCc2nc(-c3cccc(C(=O)O)c3)sc2C1. The molecule has 0 unspecified atom stereocenters. The third kappa shape index (κ3) is 2.84. The fraction of sp³-hybridized carbons (Fsp3) is 0.375. The molecule has 0 bridgehead atoms. The highest BCUT2D eigenvalue weighted by atomic mass is 32.1. The average molecular weight is 302 g/mol. The van der Waals surface area contributed by atoms with Gasteiger partial charge in [-0.2, -0.15) is 0 Å². The Kier molecular flexibility index (Phi) is 3.78. The number of nitrogens with zero attached hydrogens (tertiary/aromatic N) is 2. The zero-order valence-electron chi connectivity index (χ0n) is 12.2. The van der Waals surface area contributed by atoms with E-state index in [9.17, 15) is 4.79 Å². The van der Waals surface area contributed by atoms with Crippen LogP contribution in [0.5, 0.6) is 0 Å². The summed E-state index contributed by atoms with van der Waals surface area (Å²) in [5.74, 6) is -0.899. The Morgan fingerprint density at radius 3 is 2.95 bits per heavy atom. The van der Waals surface area contributed by atoms with Gasteiger partial charge >= 0.3 is 5.97 Å². The minimum atomic E-state index is -0.899. The summed E-state index contributed by atoms with van der Waals surface area (Å²) in [6.07, 6.45) is 0.975. The zero-order valence-corrected chi connectivity index (χ0v) is 13.0. The molecule has 0 aliphatic carbocycles. The van der Waals surface area contributed by atoms with Crippen LogP contribution in [0.25, 0.3) is 10.6 Å². The summed E-state index contributed by atoms with van der Waals surface area (Å²) in [4.78, 5) is 19.5. The summed E-state index contributed by atoms with van der Waals surface area (Å²) in [7, 11) is 0. The van der Waals surface area contributed by atoms with E-state index in [1.54, 1.807) is 29.5 Å². The molecule has 1 aliphatic heterocycles. The van der Waals surface area contributed by atoms with E-state index in [0.29, 0.717) is 11.6 Å². The maximum absolute atomic E-state index is 11.1. The van der Waals surface area contributed by atoms with Crippen molar-refractivity contribution in [3.8, 4) is 10.6 Å². The fourth-order valence-electron chi connectivity index (χ4n) is 2.56. The normalized spacial score (nSPS) is 15.2. The van der Waals surface area contributed by atoms with Crippen LogP contribution in [0.3, 0.4) is 0 Å². The van der Waals surface area contributed by atoms with Crippen molar-refractivity contribution in [2.75, 3.05) is 6.54 Å². The molecule has 0 amide bonds. The van der Waals surface area contributed by atoms with Crippen LogP contribution in [-0.2, 0) is 13.0 Å². The molecule has 110 valence electrons. The van der Waals surface area contributed by atoms with Gasteiger partial charge in [0.25, 0.3) is 0 Å². The molecule has 0 fully saturated rings. The molecule has 5 heteroatoms. The summed E-state index contributed by atoms with van der Waals surface area (Å²) in [5.41, 5.74) is 2.38. The molecular weight excluding hydrogens is 284 g/mol. The lowest BCUT2D eigenvalue weighted by Gasteiger charge is -2.29. The third-order valence-electron chi connectivity index (χ3n) is 3.85. The summed E-state index contributed by atoms with van der Waals surface area (Å²) in [6.45, 7) is 6.42. The van der Waals surface area contributed by atoms with E-state index < -0.39 is 5.97 Å². The molecule has 3 rings (SSSR count). The Balaban J connectivity index is 1.92. The van der Waals surface area contributed by atoms with Gasteiger partial charge in [-0.15, -0.1) is 11.3 Å². The van der Waals surface area contributed by atoms with Crippen molar-refractivity contribution in [2.24, 2.45) is 0 Å². The van der Waals surface area contributed by atoms with Crippen LogP contribution in [0.4, 0.5) is 0 Å². The molecule has 0 radical (unpaired) electrons. The van der Waals surface area contributed by atoms with Gasteiger partial charge in [0.2, 0.25) is 0 Å². The number of aromatic nitrogens is 1. The highest BCUT2D eigenvalue weighted by Crippen LogP contribution is 2.32. The summed E-state index contributed by atoms with van der Waals surface area (Å²) < 4.78 is 0. The van der Waals surface area contributed by atoms with Gasteiger partial charge in [-0.05, 0) is 26.0 Å². The number of carbonyl (C=O) groups is 1. The molecule has 2 heterocycles. The Morgan fingerprint density at radius 1 is 1.43 bits per heavy atom. The van der Waals surface area contributed by atoms with Gasteiger partial charge in [-0.1, -0.05) is 12.1 Å². The largest absolute Gasteiger partial charge is 0.478 e. The van der Waals surface area contributed by atoms with Gasteiger partial charge < -0.3 is 5.11 Å². The van der Waals surface area contributed by atoms with E-state index >= 15 is 0 Å². The van der Waals surface area contributed by atoms with E-state index in [-0.39, 0.29) is 0 Å². The molecule has 1 aromatic heterocycles. The smallest absolute Gasteiger partial charge is 0.335 e. The number of fused-ring (bicyclic) bond motifs is 1. The lowest BCUT2D eigenvalue weighted by molar-refractivity contribution is 0.0697. The number of rotatable bonds is 3. The van der Waals surface area contributed by atoms with Crippen molar-refractivity contribution in [1.29, 1.82) is 0 Å². The Hall–Kier alpha value is -1.72. The van der Waals surface area contributed by atoms with Gasteiger partial charge in [-0.25, -0.2) is 9.78 Å². The molecule has 0 spiro atoms. The number of benzene rings is 1. The maximum Gasteiger partial charge on any atom is 0.335 e. The molecular formula is C16H18N2O2S. The molecule has 0 saturated heterocycles. The number of hydrogen-bond donors (Lipinski definition) is 1. The minimum Gasteiger partial charge on any atom is -0.478 e. The topological polar surface area (TPSA) is 53.4 Å². The first-order valence-electron chi connectivity index (χ1n) is 7.11. The lowest BCUT2D eigenvalue weighted by atomic mass is 10.1. The maximum atomic E-state index is 11.1. The van der Waals surface area contributed by atoms with Gasteiger partial charge in [0, 0.05) is 36.0 Å². The monoisotopic (exact) mass is 302 g/mol. The Bertz CT molecular complexity index is 679. The molecule has 0 atom stereocenters. The standard InChI is InChI=1S/C16H18N2O2S/c1-10(2)18-7-6-13-14(9-18)21-15(17-13)11-4-3-5-12(8-11)16(19)20/h3-5,8,10H,6-7,9H2,1-2H3,(H,19,20). The number of carboxylic acid groups (broad SMARTS) is 1. The first-order chi connectivity index (χ1) is 10.0. The predicted molar refractivity (Wildman–Crippen MR) is 83.8 cm³/mol. The zero-order chi connectivity index (χ0) is 15.0. The number of thiazole rings is 1. The second-order valence-electron chi connectivity index (χ2n) is 5.59. The summed E-state index contributed by atoms with van der Waals surface area (Å²) in [5, 5.41) is 10.0. The molecule has 0 saturated carbocycles. The number of aromatic carboxylic acids is 1. The molecule has 1 aliphatic rings. The van der Waals surface area contributed by atoms with Crippen molar-refractivity contribution >= 4 is 17.3 Å². The van der Waals surface area contributed by atoms with E-state index in [0.717, 1.165) is 30.1 Å². The Morgan fingerprint density at radius 2 is 2.24 bits per heavy atom. The van der Waals surface area contributed by atoms with Crippen LogP contribution >= 0.6 is 11.3 Å². The molecule has 1 aromatic carbocycles. The van der Waals surface area contributed by atoms with Crippen LogP contribution in [0.1, 0.15) is 34.8 Å². The van der Waals surface area contributed by atoms with E-state index in [4.69, 9.17) is 10.1 Å². The van der Waals surface area contributed by atoms with Crippen LogP contribution in [0, 0.1) is 0 Å². The minimum absolute atomic E-state index is 0.310. The van der Waals surface area contributed by atoms with E-state index in [1.165, 1.54) is 10.6 Å². The molecule has 1 N–H and O–H groups in total.